The lowest BCUT2D eigenvalue weighted by Gasteiger charge is -2.39. The van der Waals surface area contributed by atoms with E-state index in [4.69, 9.17) is 0 Å². The summed E-state index contributed by atoms with van der Waals surface area (Å²) in [4.78, 5) is 18.9. The van der Waals surface area contributed by atoms with Crippen LogP contribution < -0.4 is 0 Å². The Morgan fingerprint density at radius 3 is 2.56 bits per heavy atom. The molecule has 4 rings (SSSR count). The van der Waals surface area contributed by atoms with Crippen LogP contribution in [0.1, 0.15) is 43.9 Å². The van der Waals surface area contributed by atoms with Crippen LogP contribution in [0.2, 0.25) is 0 Å². The normalized spacial score (nSPS) is 31.1. The molecule has 1 aromatic carbocycles. The molecule has 2 aliphatic heterocycles. The maximum atomic E-state index is 11.6. The molecule has 0 N–H and O–H groups in total. The van der Waals surface area contributed by atoms with E-state index in [0.717, 1.165) is 26.2 Å². The molecule has 2 saturated heterocycles. The van der Waals surface area contributed by atoms with Gasteiger partial charge in [0.05, 0.1) is 0 Å². The fourth-order valence-electron chi connectivity index (χ4n) is 5.19. The first-order valence-electron chi connectivity index (χ1n) is 9.95. The Kier molecular flexibility index (Phi) is 4.83. The lowest BCUT2D eigenvalue weighted by molar-refractivity contribution is -0.130. The van der Waals surface area contributed by atoms with Gasteiger partial charge in [-0.3, -0.25) is 14.6 Å². The molecule has 136 valence electrons. The van der Waals surface area contributed by atoms with Crippen LogP contribution in [0.5, 0.6) is 0 Å². The minimum Gasteiger partial charge on any atom is -0.340 e. The standard InChI is InChI=1S/C21H31N3O/c1-16-14-24(20-9-5-7-18-6-3-4-8-19(18)20)15-21(16)23-12-10-22(11-13-23)17(2)25/h3-4,6,8,16,20-21H,5,7,9-15H2,1-2H3/t16-,20+,21+/m0/s1. The molecule has 1 amide bonds. The molecule has 2 fully saturated rings. The fraction of sp³-hybridized carbons (Fsp3) is 0.667. The lowest BCUT2D eigenvalue weighted by atomic mass is 9.87. The van der Waals surface area contributed by atoms with Gasteiger partial charge in [0.15, 0.2) is 0 Å². The third kappa shape index (κ3) is 3.34. The summed E-state index contributed by atoms with van der Waals surface area (Å²) < 4.78 is 0. The molecule has 0 bridgehead atoms. The van der Waals surface area contributed by atoms with Crippen LogP contribution in [0.4, 0.5) is 0 Å². The zero-order chi connectivity index (χ0) is 17.4. The van der Waals surface area contributed by atoms with E-state index in [1.807, 2.05) is 4.90 Å². The molecular weight excluding hydrogens is 310 g/mol. The van der Waals surface area contributed by atoms with E-state index >= 15 is 0 Å². The van der Waals surface area contributed by atoms with Crippen molar-refractivity contribution in [1.29, 1.82) is 0 Å². The van der Waals surface area contributed by atoms with Crippen molar-refractivity contribution >= 4 is 5.91 Å². The third-order valence-electron chi connectivity index (χ3n) is 6.61. The van der Waals surface area contributed by atoms with Gasteiger partial charge in [-0.05, 0) is 36.3 Å². The van der Waals surface area contributed by atoms with Crippen LogP contribution in [0, 0.1) is 5.92 Å². The Morgan fingerprint density at radius 1 is 1.04 bits per heavy atom. The van der Waals surface area contributed by atoms with E-state index in [-0.39, 0.29) is 5.91 Å². The van der Waals surface area contributed by atoms with Crippen LogP contribution in [0.15, 0.2) is 24.3 Å². The molecule has 0 saturated carbocycles. The van der Waals surface area contributed by atoms with Gasteiger partial charge in [0.2, 0.25) is 5.91 Å². The van der Waals surface area contributed by atoms with Crippen molar-refractivity contribution in [1.82, 2.24) is 14.7 Å². The highest BCUT2D eigenvalue weighted by Crippen LogP contribution is 2.38. The molecule has 1 aliphatic carbocycles. The first-order valence-corrected chi connectivity index (χ1v) is 9.95. The molecule has 1 aromatic rings. The largest absolute Gasteiger partial charge is 0.340 e. The van der Waals surface area contributed by atoms with Crippen LogP contribution in [-0.2, 0) is 11.2 Å². The zero-order valence-electron chi connectivity index (χ0n) is 15.7. The summed E-state index contributed by atoms with van der Waals surface area (Å²) in [5.74, 6) is 0.928. The lowest BCUT2D eigenvalue weighted by Crippen LogP contribution is -2.53. The SMILES string of the molecule is CC(=O)N1CCN([C@@H]2CN([C@@H]3CCCc4ccccc43)C[C@@H]2C)CC1. The van der Waals surface area contributed by atoms with Crippen molar-refractivity contribution in [2.45, 2.75) is 45.2 Å². The highest BCUT2D eigenvalue weighted by molar-refractivity contribution is 5.73. The van der Waals surface area contributed by atoms with Gasteiger partial charge in [0.25, 0.3) is 0 Å². The van der Waals surface area contributed by atoms with Gasteiger partial charge < -0.3 is 4.90 Å². The van der Waals surface area contributed by atoms with Crippen molar-refractivity contribution in [3.8, 4) is 0 Å². The van der Waals surface area contributed by atoms with E-state index in [1.54, 1.807) is 18.1 Å². The van der Waals surface area contributed by atoms with Crippen molar-refractivity contribution in [2.75, 3.05) is 39.3 Å². The smallest absolute Gasteiger partial charge is 0.219 e. The highest BCUT2D eigenvalue weighted by Gasteiger charge is 2.39. The van der Waals surface area contributed by atoms with Gasteiger partial charge in [0, 0.05) is 58.3 Å². The number of fused-ring (bicyclic) bond motifs is 1. The molecule has 25 heavy (non-hydrogen) atoms. The Balaban J connectivity index is 1.43. The predicted octanol–water partition coefficient (Wildman–Crippen LogP) is 2.55. The summed E-state index contributed by atoms with van der Waals surface area (Å²) in [5, 5.41) is 0. The van der Waals surface area contributed by atoms with Crippen molar-refractivity contribution < 1.29 is 4.79 Å². The first kappa shape index (κ1) is 17.0. The van der Waals surface area contributed by atoms with Gasteiger partial charge >= 0.3 is 0 Å². The number of amides is 1. The number of nitrogens with zero attached hydrogens (tertiary/aromatic N) is 3. The number of hydrogen-bond donors (Lipinski definition) is 0. The molecule has 0 aromatic heterocycles. The molecule has 4 heteroatoms. The quantitative estimate of drug-likeness (QED) is 0.827. The van der Waals surface area contributed by atoms with Gasteiger partial charge in [0.1, 0.15) is 0 Å². The number of piperazine rings is 1. The van der Waals surface area contributed by atoms with Gasteiger partial charge in [-0.15, -0.1) is 0 Å². The molecule has 2 heterocycles. The number of hydrogen-bond acceptors (Lipinski definition) is 3. The summed E-state index contributed by atoms with van der Waals surface area (Å²) in [5.41, 5.74) is 3.13. The fourth-order valence-corrected chi connectivity index (χ4v) is 5.19. The maximum absolute atomic E-state index is 11.6. The molecule has 0 spiro atoms. The molecule has 3 atom stereocenters. The summed E-state index contributed by atoms with van der Waals surface area (Å²) in [6.07, 6.45) is 3.86. The Morgan fingerprint density at radius 2 is 1.80 bits per heavy atom. The van der Waals surface area contributed by atoms with Crippen LogP contribution in [0.3, 0.4) is 0 Å². The van der Waals surface area contributed by atoms with Crippen molar-refractivity contribution in [2.24, 2.45) is 5.92 Å². The van der Waals surface area contributed by atoms with Gasteiger partial charge in [-0.25, -0.2) is 0 Å². The molecule has 0 radical (unpaired) electrons. The van der Waals surface area contributed by atoms with Crippen molar-refractivity contribution in [3.05, 3.63) is 35.4 Å². The maximum Gasteiger partial charge on any atom is 0.219 e. The highest BCUT2D eigenvalue weighted by atomic mass is 16.2. The molecule has 4 nitrogen and oxygen atoms in total. The number of aryl methyl sites for hydroxylation is 1. The molecule has 0 unspecified atom stereocenters. The summed E-state index contributed by atoms with van der Waals surface area (Å²) >= 11 is 0. The number of likely N-dealkylation sites (tertiary alicyclic amines) is 1. The molecular formula is C21H31N3O. The number of carbonyl (C=O) groups excluding carboxylic acids is 1. The topological polar surface area (TPSA) is 26.8 Å². The summed E-state index contributed by atoms with van der Waals surface area (Å²) in [7, 11) is 0. The minimum absolute atomic E-state index is 0.222. The molecule has 3 aliphatic rings. The van der Waals surface area contributed by atoms with Gasteiger partial charge in [-0.2, -0.15) is 0 Å². The van der Waals surface area contributed by atoms with E-state index in [2.05, 4.69) is 41.0 Å². The summed E-state index contributed by atoms with van der Waals surface area (Å²) in [6.45, 7) is 10.3. The number of benzene rings is 1. The summed E-state index contributed by atoms with van der Waals surface area (Å²) in [6, 6.07) is 10.3. The average Bonchev–Trinajstić information content (AvgIpc) is 3.03. The van der Waals surface area contributed by atoms with E-state index < -0.39 is 0 Å². The second-order valence-electron chi connectivity index (χ2n) is 8.15. The van der Waals surface area contributed by atoms with Gasteiger partial charge in [-0.1, -0.05) is 31.2 Å². The Hall–Kier alpha value is -1.39. The predicted molar refractivity (Wildman–Crippen MR) is 100 cm³/mol. The zero-order valence-corrected chi connectivity index (χ0v) is 15.7. The first-order chi connectivity index (χ1) is 12.1. The minimum atomic E-state index is 0.222. The van der Waals surface area contributed by atoms with Crippen LogP contribution in [-0.4, -0.2) is 65.9 Å². The Bertz CT molecular complexity index is 623. The van der Waals surface area contributed by atoms with E-state index in [0.29, 0.717) is 18.0 Å². The third-order valence-corrected chi connectivity index (χ3v) is 6.61. The Labute approximate surface area is 151 Å². The van der Waals surface area contributed by atoms with Crippen LogP contribution >= 0.6 is 0 Å². The average molecular weight is 341 g/mol. The monoisotopic (exact) mass is 341 g/mol. The second kappa shape index (κ2) is 7.08. The van der Waals surface area contributed by atoms with E-state index in [9.17, 15) is 4.79 Å². The number of rotatable bonds is 2. The second-order valence-corrected chi connectivity index (χ2v) is 8.15. The van der Waals surface area contributed by atoms with Crippen molar-refractivity contribution in [3.63, 3.8) is 0 Å². The van der Waals surface area contributed by atoms with E-state index in [1.165, 1.54) is 32.4 Å². The number of carbonyl (C=O) groups is 1. The van der Waals surface area contributed by atoms with Crippen LogP contribution in [0.25, 0.3) is 0 Å².